The van der Waals surface area contributed by atoms with Gasteiger partial charge in [0.25, 0.3) is 5.91 Å². The lowest BCUT2D eigenvalue weighted by atomic mass is 10.1. The molecule has 1 aliphatic rings. The zero-order chi connectivity index (χ0) is 21.1. The summed E-state index contributed by atoms with van der Waals surface area (Å²) in [6.07, 6.45) is 6.93. The minimum absolute atomic E-state index is 0.0777. The average molecular weight is 427 g/mol. The number of carbonyl (C=O) groups excluding carboxylic acids is 1. The summed E-state index contributed by atoms with van der Waals surface area (Å²) in [4.78, 5) is 33.8. The van der Waals surface area contributed by atoms with Crippen LogP contribution in [0.25, 0.3) is 5.65 Å². The number of aromatic nitrogens is 3. The highest BCUT2D eigenvalue weighted by Gasteiger charge is 2.27. The van der Waals surface area contributed by atoms with E-state index in [-0.39, 0.29) is 17.7 Å². The molecule has 1 unspecified atom stereocenters. The molecular formula is C20H21N5O4S. The van der Waals surface area contributed by atoms with Crippen LogP contribution in [0.2, 0.25) is 0 Å². The molecule has 3 aromatic heterocycles. The van der Waals surface area contributed by atoms with Crippen molar-refractivity contribution in [1.82, 2.24) is 24.6 Å². The largest absolute Gasteiger partial charge is 0.465 e. The van der Waals surface area contributed by atoms with Gasteiger partial charge >= 0.3 is 6.09 Å². The van der Waals surface area contributed by atoms with Crippen molar-refractivity contribution in [2.45, 2.75) is 29.5 Å². The lowest BCUT2D eigenvalue weighted by Crippen LogP contribution is -2.40. The molecule has 2 amide bonds. The van der Waals surface area contributed by atoms with E-state index < -0.39 is 16.9 Å². The minimum Gasteiger partial charge on any atom is -0.465 e. The fourth-order valence-electron chi connectivity index (χ4n) is 3.42. The molecule has 9 nitrogen and oxygen atoms in total. The maximum absolute atomic E-state index is 12.8. The van der Waals surface area contributed by atoms with Crippen LogP contribution in [0, 0.1) is 0 Å². The van der Waals surface area contributed by atoms with Crippen molar-refractivity contribution in [2.24, 2.45) is 0 Å². The van der Waals surface area contributed by atoms with Gasteiger partial charge in [0.1, 0.15) is 5.65 Å². The minimum atomic E-state index is -1.24. The first-order chi connectivity index (χ1) is 14.5. The Hall–Kier alpha value is -3.27. The van der Waals surface area contributed by atoms with Crippen LogP contribution in [0.15, 0.2) is 53.9 Å². The first kappa shape index (κ1) is 20.0. The van der Waals surface area contributed by atoms with Crippen molar-refractivity contribution in [2.75, 3.05) is 13.1 Å². The summed E-state index contributed by atoms with van der Waals surface area (Å²) in [6.45, 7) is 1.05. The van der Waals surface area contributed by atoms with Crippen molar-refractivity contribution in [3.63, 3.8) is 0 Å². The third kappa shape index (κ3) is 4.33. The number of piperidine rings is 1. The quantitative estimate of drug-likeness (QED) is 0.642. The number of rotatable bonds is 5. The first-order valence-electron chi connectivity index (χ1n) is 9.55. The van der Waals surface area contributed by atoms with Crippen LogP contribution in [0.5, 0.6) is 0 Å². The Morgan fingerprint density at radius 1 is 1.17 bits per heavy atom. The molecule has 0 bridgehead atoms. The highest BCUT2D eigenvalue weighted by atomic mass is 32.2. The SMILES string of the molecule is O=C(NCc1ccc(S(=O)C2CCN(C(=O)O)CC2)cn1)c1ccc2nccn2c1. The molecule has 0 radical (unpaired) electrons. The predicted octanol–water partition coefficient (Wildman–Crippen LogP) is 1.91. The molecule has 4 heterocycles. The van der Waals surface area contributed by atoms with Crippen LogP contribution >= 0.6 is 0 Å². The Morgan fingerprint density at radius 2 is 1.97 bits per heavy atom. The van der Waals surface area contributed by atoms with Gasteiger partial charge in [-0.15, -0.1) is 0 Å². The molecule has 1 fully saturated rings. The Kier molecular flexibility index (Phi) is 5.75. The number of nitrogens with zero attached hydrogens (tertiary/aromatic N) is 4. The van der Waals surface area contributed by atoms with Gasteiger partial charge in [-0.25, -0.2) is 9.78 Å². The number of fused-ring (bicyclic) bond motifs is 1. The number of pyridine rings is 2. The zero-order valence-electron chi connectivity index (χ0n) is 16.1. The molecule has 1 aliphatic heterocycles. The Bertz CT molecular complexity index is 1090. The second-order valence-corrected chi connectivity index (χ2v) is 8.78. The van der Waals surface area contributed by atoms with Crippen LogP contribution < -0.4 is 5.32 Å². The van der Waals surface area contributed by atoms with Crippen LogP contribution in [0.3, 0.4) is 0 Å². The number of carbonyl (C=O) groups is 2. The lowest BCUT2D eigenvalue weighted by molar-refractivity contribution is 0.0949. The van der Waals surface area contributed by atoms with E-state index in [9.17, 15) is 13.8 Å². The Balaban J connectivity index is 1.32. The molecular weight excluding hydrogens is 406 g/mol. The summed E-state index contributed by atoms with van der Waals surface area (Å²) in [7, 11) is -1.24. The second-order valence-electron chi connectivity index (χ2n) is 7.04. The van der Waals surface area contributed by atoms with Crippen molar-refractivity contribution in [3.8, 4) is 0 Å². The van der Waals surface area contributed by atoms with Gasteiger partial charge in [-0.1, -0.05) is 0 Å². The molecule has 0 saturated carbocycles. The number of likely N-dealkylation sites (tertiary alicyclic amines) is 1. The summed E-state index contributed by atoms with van der Waals surface area (Å²) in [5, 5.41) is 11.8. The van der Waals surface area contributed by atoms with Crippen molar-refractivity contribution >= 4 is 28.4 Å². The maximum Gasteiger partial charge on any atom is 0.407 e. The first-order valence-corrected chi connectivity index (χ1v) is 10.8. The van der Waals surface area contributed by atoms with E-state index >= 15 is 0 Å². The monoisotopic (exact) mass is 427 g/mol. The number of imidazole rings is 1. The van der Waals surface area contributed by atoms with Gasteiger partial charge in [-0.05, 0) is 37.1 Å². The van der Waals surface area contributed by atoms with Crippen LogP contribution in [-0.2, 0) is 17.3 Å². The third-order valence-corrected chi connectivity index (χ3v) is 6.91. The number of hydrogen-bond donors (Lipinski definition) is 2. The molecule has 1 atom stereocenters. The van der Waals surface area contributed by atoms with Gasteiger partial charge < -0.3 is 19.7 Å². The molecule has 30 heavy (non-hydrogen) atoms. The van der Waals surface area contributed by atoms with Gasteiger partial charge in [-0.3, -0.25) is 14.0 Å². The van der Waals surface area contributed by atoms with Crippen LogP contribution in [0.1, 0.15) is 28.9 Å². The highest BCUT2D eigenvalue weighted by molar-refractivity contribution is 7.85. The molecule has 2 N–H and O–H groups in total. The standard InChI is InChI=1S/C20H21N5O4S/c26-19(14-1-4-18-21-7-10-25(18)13-14)23-11-15-2-3-17(12-22-15)30(29)16-5-8-24(9-6-16)20(27)28/h1-4,7,10,12-13,16H,5-6,8-9,11H2,(H,23,26)(H,27,28). The van der Waals surface area contributed by atoms with E-state index in [1.165, 1.54) is 4.90 Å². The number of hydrogen-bond acceptors (Lipinski definition) is 5. The van der Waals surface area contributed by atoms with Crippen molar-refractivity contribution in [3.05, 3.63) is 60.3 Å². The summed E-state index contributed by atoms with van der Waals surface area (Å²) in [5.41, 5.74) is 1.95. The number of nitrogens with one attached hydrogen (secondary N) is 1. The Morgan fingerprint density at radius 3 is 2.67 bits per heavy atom. The molecule has 4 rings (SSSR count). The highest BCUT2D eigenvalue weighted by Crippen LogP contribution is 2.21. The molecule has 10 heteroatoms. The van der Waals surface area contributed by atoms with Crippen LogP contribution in [0.4, 0.5) is 4.79 Å². The molecule has 0 spiro atoms. The Labute approximate surface area is 175 Å². The van der Waals surface area contributed by atoms with Gasteiger partial charge in [0.05, 0.1) is 33.5 Å². The van der Waals surface area contributed by atoms with Gasteiger partial charge in [0, 0.05) is 43.1 Å². The number of carboxylic acid groups (broad SMARTS) is 1. The molecule has 1 saturated heterocycles. The summed E-state index contributed by atoms with van der Waals surface area (Å²) < 4.78 is 14.5. The van der Waals surface area contributed by atoms with Crippen LogP contribution in [-0.4, -0.2) is 58.9 Å². The molecule has 3 aromatic rings. The van der Waals surface area contributed by atoms with E-state index in [0.717, 1.165) is 5.65 Å². The smallest absolute Gasteiger partial charge is 0.407 e. The maximum atomic E-state index is 12.8. The normalized spacial score (nSPS) is 15.8. The fraction of sp³-hybridized carbons (Fsp3) is 0.300. The third-order valence-electron chi connectivity index (χ3n) is 5.13. The zero-order valence-corrected chi connectivity index (χ0v) is 16.9. The van der Waals surface area contributed by atoms with Crippen molar-refractivity contribution < 1.29 is 18.9 Å². The molecule has 0 aromatic carbocycles. The summed E-state index contributed by atoms with van der Waals surface area (Å²) in [5.74, 6) is -0.217. The van der Waals surface area contributed by atoms with Crippen molar-refractivity contribution in [1.29, 1.82) is 0 Å². The van der Waals surface area contributed by atoms with Gasteiger partial charge in [-0.2, -0.15) is 0 Å². The van der Waals surface area contributed by atoms with Gasteiger partial charge in [0.15, 0.2) is 0 Å². The predicted molar refractivity (Wildman–Crippen MR) is 110 cm³/mol. The summed E-state index contributed by atoms with van der Waals surface area (Å²) in [6, 6.07) is 7.00. The molecule has 0 aliphatic carbocycles. The van der Waals surface area contributed by atoms with E-state index in [2.05, 4.69) is 15.3 Å². The van der Waals surface area contributed by atoms with E-state index in [0.29, 0.717) is 42.1 Å². The second kappa shape index (κ2) is 8.62. The van der Waals surface area contributed by atoms with E-state index in [4.69, 9.17) is 5.11 Å². The average Bonchev–Trinajstić information content (AvgIpc) is 3.25. The fourth-order valence-corrected chi connectivity index (χ4v) is 4.80. The summed E-state index contributed by atoms with van der Waals surface area (Å²) >= 11 is 0. The van der Waals surface area contributed by atoms with Gasteiger partial charge in [0.2, 0.25) is 0 Å². The van der Waals surface area contributed by atoms with E-state index in [1.807, 2.05) is 0 Å². The molecule has 156 valence electrons. The topological polar surface area (TPSA) is 117 Å². The number of amides is 2. The van der Waals surface area contributed by atoms with E-state index in [1.54, 1.807) is 53.5 Å². The lowest BCUT2D eigenvalue weighted by Gasteiger charge is -2.29.